The van der Waals surface area contributed by atoms with Gasteiger partial charge in [0, 0.05) is 0 Å². The predicted octanol–water partition coefficient (Wildman–Crippen LogP) is 3.33. The minimum atomic E-state index is 0.363. The molecule has 0 atom stereocenters. The van der Waals surface area contributed by atoms with E-state index in [0.717, 1.165) is 0 Å². The molecule has 0 saturated carbocycles. The van der Waals surface area contributed by atoms with Crippen LogP contribution in [0.25, 0.3) is 33.0 Å². The first-order valence-electron chi connectivity index (χ1n) is 13.6. The lowest BCUT2D eigenvalue weighted by atomic mass is 9.42. The summed E-state index contributed by atoms with van der Waals surface area (Å²) in [5.41, 5.74) is 14.7. The molecule has 4 heteroatoms. The van der Waals surface area contributed by atoms with E-state index in [2.05, 4.69) is 126 Å². The standard InChI is InChI=1S/C32H38B4/c1-19-27(30(35)29(34)20(2)28(19)33)26-15-14-23(24-12-7-8-13-25(24)26)21-10-9-11-22(16-21)36-17-31(3,4)32(5,6)18-36/h7-16H,17-18,33-35H2,1-6H3. The summed E-state index contributed by atoms with van der Waals surface area (Å²) in [6.45, 7) is 15.0. The van der Waals surface area contributed by atoms with Crippen molar-refractivity contribution < 1.29 is 0 Å². The minimum Gasteiger partial charge on any atom is -0.0922 e. The van der Waals surface area contributed by atoms with Gasteiger partial charge in [-0.3, -0.25) is 0 Å². The van der Waals surface area contributed by atoms with E-state index < -0.39 is 0 Å². The van der Waals surface area contributed by atoms with Crippen molar-refractivity contribution in [3.05, 3.63) is 71.8 Å². The molecule has 36 heavy (non-hydrogen) atoms. The first-order valence-corrected chi connectivity index (χ1v) is 13.6. The van der Waals surface area contributed by atoms with Gasteiger partial charge in [0.2, 0.25) is 0 Å². The predicted molar refractivity (Wildman–Crippen MR) is 171 cm³/mol. The van der Waals surface area contributed by atoms with E-state index in [-0.39, 0.29) is 0 Å². The highest BCUT2D eigenvalue weighted by atomic mass is 14.4. The Bertz CT molecular complexity index is 1450. The van der Waals surface area contributed by atoms with Crippen LogP contribution in [0, 0.1) is 24.7 Å². The van der Waals surface area contributed by atoms with Crippen LogP contribution < -0.4 is 21.9 Å². The fourth-order valence-corrected chi connectivity index (χ4v) is 6.73. The molecule has 0 aromatic heterocycles. The van der Waals surface area contributed by atoms with E-state index in [4.69, 9.17) is 0 Å². The molecule has 0 unspecified atom stereocenters. The van der Waals surface area contributed by atoms with E-state index >= 15 is 0 Å². The molecule has 0 nitrogen and oxygen atoms in total. The summed E-state index contributed by atoms with van der Waals surface area (Å²) in [6.07, 6.45) is 2.52. The van der Waals surface area contributed by atoms with Crippen LogP contribution in [-0.4, -0.2) is 30.3 Å². The lowest BCUT2D eigenvalue weighted by Gasteiger charge is -2.35. The molecule has 1 aliphatic heterocycles. The van der Waals surface area contributed by atoms with Crippen LogP contribution >= 0.6 is 0 Å². The van der Waals surface area contributed by atoms with Crippen molar-refractivity contribution in [1.29, 1.82) is 0 Å². The van der Waals surface area contributed by atoms with Crippen LogP contribution in [0.2, 0.25) is 12.6 Å². The highest BCUT2D eigenvalue weighted by Gasteiger charge is 2.48. The summed E-state index contributed by atoms with van der Waals surface area (Å²) < 4.78 is 0. The van der Waals surface area contributed by atoms with Gasteiger partial charge >= 0.3 is 0 Å². The molecular formula is C32H38B4. The summed E-state index contributed by atoms with van der Waals surface area (Å²) >= 11 is 0. The van der Waals surface area contributed by atoms with Crippen molar-refractivity contribution in [3.63, 3.8) is 0 Å². The zero-order valence-electron chi connectivity index (χ0n) is 23.8. The lowest BCUT2D eigenvalue weighted by molar-refractivity contribution is 0.177. The zero-order chi connectivity index (χ0) is 26.0. The fraction of sp³-hybridized carbons (Fsp3) is 0.312. The Hall–Kier alpha value is -2.60. The summed E-state index contributed by atoms with van der Waals surface area (Å²) in [6, 6.07) is 23.1. The fourth-order valence-electron chi connectivity index (χ4n) is 6.73. The average molecular weight is 466 g/mol. The highest BCUT2D eigenvalue weighted by Crippen LogP contribution is 2.52. The molecule has 4 aromatic rings. The Labute approximate surface area is 221 Å². The second-order valence-corrected chi connectivity index (χ2v) is 12.7. The molecule has 1 saturated heterocycles. The summed E-state index contributed by atoms with van der Waals surface area (Å²) in [7, 11) is 6.84. The van der Waals surface area contributed by atoms with Gasteiger partial charge in [-0.25, -0.2) is 0 Å². The Balaban J connectivity index is 1.66. The minimum absolute atomic E-state index is 0.363. The van der Waals surface area contributed by atoms with Crippen LogP contribution in [-0.2, 0) is 0 Å². The zero-order valence-corrected chi connectivity index (χ0v) is 23.8. The Morgan fingerprint density at radius 2 is 1.22 bits per heavy atom. The average Bonchev–Trinajstić information content (AvgIpc) is 3.08. The van der Waals surface area contributed by atoms with Gasteiger partial charge in [0.15, 0.2) is 6.71 Å². The molecule has 0 bridgehead atoms. The van der Waals surface area contributed by atoms with E-state index in [1.54, 1.807) is 0 Å². The third kappa shape index (κ3) is 3.89. The maximum absolute atomic E-state index is 2.47. The van der Waals surface area contributed by atoms with Gasteiger partial charge in [-0.15, -0.1) is 0 Å². The monoisotopic (exact) mass is 466 g/mol. The van der Waals surface area contributed by atoms with Crippen LogP contribution in [0.4, 0.5) is 0 Å². The largest absolute Gasteiger partial charge is 0.176 e. The Morgan fingerprint density at radius 1 is 0.639 bits per heavy atom. The van der Waals surface area contributed by atoms with Crippen molar-refractivity contribution >= 4 is 62.9 Å². The Kier molecular flexibility index (Phi) is 6.10. The molecule has 1 heterocycles. The number of fused-ring (bicyclic) bond motifs is 1. The molecule has 0 aliphatic carbocycles. The van der Waals surface area contributed by atoms with Crippen LogP contribution in [0.5, 0.6) is 0 Å². The molecule has 178 valence electrons. The molecule has 5 rings (SSSR count). The smallest absolute Gasteiger partial charge is 0.0922 e. The van der Waals surface area contributed by atoms with Gasteiger partial charge in [-0.2, -0.15) is 0 Å². The number of benzene rings is 4. The van der Waals surface area contributed by atoms with Crippen molar-refractivity contribution in [2.45, 2.75) is 54.2 Å². The Morgan fingerprint density at radius 3 is 1.86 bits per heavy atom. The van der Waals surface area contributed by atoms with Crippen molar-refractivity contribution in [2.24, 2.45) is 10.8 Å². The molecule has 0 radical (unpaired) electrons. The third-order valence-corrected chi connectivity index (χ3v) is 10.2. The summed E-state index contributed by atoms with van der Waals surface area (Å²) in [4.78, 5) is 0. The van der Waals surface area contributed by atoms with E-state index in [0.29, 0.717) is 17.5 Å². The topological polar surface area (TPSA) is 0 Å². The van der Waals surface area contributed by atoms with Gasteiger partial charge in [0.1, 0.15) is 23.5 Å². The quantitative estimate of drug-likeness (QED) is 0.407. The molecule has 0 N–H and O–H groups in total. The molecule has 0 spiro atoms. The first kappa shape index (κ1) is 25.1. The number of hydrogen-bond acceptors (Lipinski definition) is 0. The molecule has 4 aromatic carbocycles. The van der Waals surface area contributed by atoms with Crippen LogP contribution in [0.3, 0.4) is 0 Å². The molecular weight excluding hydrogens is 428 g/mol. The lowest BCUT2D eigenvalue weighted by Crippen LogP contribution is -2.37. The SMILES string of the molecule is Bc1c(B)c(-c2ccc(-c3cccc(B4CC(C)(C)C(C)(C)C4)c3)c3ccccc23)c(C)c(B)c1C. The first-order chi connectivity index (χ1) is 16.9. The van der Waals surface area contributed by atoms with E-state index in [9.17, 15) is 0 Å². The highest BCUT2D eigenvalue weighted by molar-refractivity contribution is 6.74. The maximum atomic E-state index is 2.47. The van der Waals surface area contributed by atoms with E-state index in [1.165, 1.54) is 78.6 Å². The number of hydrogen-bond donors (Lipinski definition) is 0. The van der Waals surface area contributed by atoms with Gasteiger partial charge in [0.05, 0.1) is 0 Å². The number of rotatable bonds is 3. The second kappa shape index (κ2) is 8.76. The van der Waals surface area contributed by atoms with Gasteiger partial charge in [0.25, 0.3) is 0 Å². The van der Waals surface area contributed by atoms with Crippen molar-refractivity contribution in [1.82, 2.24) is 0 Å². The summed E-state index contributed by atoms with van der Waals surface area (Å²) in [5, 5.41) is 2.69. The normalized spacial score (nSPS) is 16.6. The third-order valence-electron chi connectivity index (χ3n) is 10.2. The van der Waals surface area contributed by atoms with E-state index in [1.807, 2.05) is 0 Å². The maximum Gasteiger partial charge on any atom is 0.176 e. The molecule has 1 fully saturated rings. The van der Waals surface area contributed by atoms with Gasteiger partial charge < -0.3 is 0 Å². The van der Waals surface area contributed by atoms with Gasteiger partial charge in [-0.1, -0.05) is 128 Å². The second-order valence-electron chi connectivity index (χ2n) is 12.7. The molecule has 0 amide bonds. The molecule has 1 aliphatic rings. The van der Waals surface area contributed by atoms with Crippen LogP contribution in [0.1, 0.15) is 38.8 Å². The summed E-state index contributed by atoms with van der Waals surface area (Å²) in [5.74, 6) is 0. The van der Waals surface area contributed by atoms with Crippen LogP contribution in [0.15, 0.2) is 60.7 Å². The van der Waals surface area contributed by atoms with Crippen molar-refractivity contribution in [2.75, 3.05) is 0 Å². The van der Waals surface area contributed by atoms with Crippen molar-refractivity contribution in [3.8, 4) is 22.3 Å². The van der Waals surface area contributed by atoms with Gasteiger partial charge in [-0.05, 0) is 63.3 Å².